The molecule has 1 aromatic rings. The molecule has 0 spiro atoms. The van der Waals surface area contributed by atoms with Gasteiger partial charge in [-0.1, -0.05) is 6.07 Å². The summed E-state index contributed by atoms with van der Waals surface area (Å²) in [5.41, 5.74) is 1.83. The van der Waals surface area contributed by atoms with Crippen molar-refractivity contribution in [2.75, 3.05) is 17.2 Å². The van der Waals surface area contributed by atoms with Gasteiger partial charge < -0.3 is 10.6 Å². The van der Waals surface area contributed by atoms with E-state index in [9.17, 15) is 4.79 Å². The minimum absolute atomic E-state index is 0.672. The number of carbonyl (C=O) groups excluding carboxylic acids is 1. The van der Waals surface area contributed by atoms with Crippen LogP contribution in [0.1, 0.15) is 6.92 Å². The SMILES string of the molecule is CCNc1cccc(NC=O)c1. The molecule has 1 aromatic carbocycles. The van der Waals surface area contributed by atoms with E-state index in [0.29, 0.717) is 6.41 Å². The Morgan fingerprint density at radius 1 is 1.42 bits per heavy atom. The van der Waals surface area contributed by atoms with Crippen molar-refractivity contribution in [2.45, 2.75) is 6.92 Å². The van der Waals surface area contributed by atoms with E-state index < -0.39 is 0 Å². The van der Waals surface area contributed by atoms with Crippen LogP contribution in [0.3, 0.4) is 0 Å². The van der Waals surface area contributed by atoms with Crippen LogP contribution in [0.2, 0.25) is 0 Å². The van der Waals surface area contributed by atoms with Crippen molar-refractivity contribution in [2.24, 2.45) is 0 Å². The molecule has 3 nitrogen and oxygen atoms in total. The summed E-state index contributed by atoms with van der Waals surface area (Å²) < 4.78 is 0. The lowest BCUT2D eigenvalue weighted by molar-refractivity contribution is -0.105. The van der Waals surface area contributed by atoms with Crippen LogP contribution in [0.15, 0.2) is 24.3 Å². The molecule has 3 heteroatoms. The van der Waals surface area contributed by atoms with Crippen molar-refractivity contribution in [1.29, 1.82) is 0 Å². The summed E-state index contributed by atoms with van der Waals surface area (Å²) in [4.78, 5) is 10.1. The molecule has 0 atom stereocenters. The molecule has 1 rings (SSSR count). The Balaban J connectivity index is 2.73. The molecular weight excluding hydrogens is 152 g/mol. The van der Waals surface area contributed by atoms with Crippen LogP contribution in [-0.4, -0.2) is 13.0 Å². The minimum Gasteiger partial charge on any atom is -0.385 e. The number of nitrogens with one attached hydrogen (secondary N) is 2. The van der Waals surface area contributed by atoms with Crippen LogP contribution in [0.25, 0.3) is 0 Å². The number of amides is 1. The maximum atomic E-state index is 10.1. The second kappa shape index (κ2) is 4.38. The number of hydrogen-bond donors (Lipinski definition) is 2. The summed E-state index contributed by atoms with van der Waals surface area (Å²) in [5.74, 6) is 0. The van der Waals surface area contributed by atoms with Gasteiger partial charge in [0.2, 0.25) is 6.41 Å². The van der Waals surface area contributed by atoms with Crippen molar-refractivity contribution in [1.82, 2.24) is 0 Å². The van der Waals surface area contributed by atoms with E-state index >= 15 is 0 Å². The average Bonchev–Trinajstić information content (AvgIpc) is 2.06. The molecule has 0 saturated heterocycles. The highest BCUT2D eigenvalue weighted by molar-refractivity contribution is 5.73. The first-order chi connectivity index (χ1) is 5.86. The molecule has 0 aliphatic heterocycles. The first kappa shape index (κ1) is 8.59. The van der Waals surface area contributed by atoms with Gasteiger partial charge in [-0.05, 0) is 25.1 Å². The highest BCUT2D eigenvalue weighted by atomic mass is 16.1. The third-order valence-electron chi connectivity index (χ3n) is 1.47. The average molecular weight is 164 g/mol. The molecule has 0 heterocycles. The summed E-state index contributed by atoms with van der Waals surface area (Å²) in [7, 11) is 0. The van der Waals surface area contributed by atoms with E-state index in [0.717, 1.165) is 17.9 Å². The van der Waals surface area contributed by atoms with Gasteiger partial charge in [0.1, 0.15) is 0 Å². The Labute approximate surface area is 71.8 Å². The maximum absolute atomic E-state index is 10.1. The molecule has 0 unspecified atom stereocenters. The van der Waals surface area contributed by atoms with E-state index in [1.54, 1.807) is 0 Å². The van der Waals surface area contributed by atoms with Gasteiger partial charge in [0, 0.05) is 17.9 Å². The van der Waals surface area contributed by atoms with Gasteiger partial charge in [0.15, 0.2) is 0 Å². The summed E-state index contributed by atoms with van der Waals surface area (Å²) >= 11 is 0. The van der Waals surface area contributed by atoms with Crippen LogP contribution in [0.5, 0.6) is 0 Å². The van der Waals surface area contributed by atoms with Gasteiger partial charge in [-0.2, -0.15) is 0 Å². The van der Waals surface area contributed by atoms with E-state index in [-0.39, 0.29) is 0 Å². The normalized spacial score (nSPS) is 9.08. The van der Waals surface area contributed by atoms with Gasteiger partial charge in [-0.3, -0.25) is 4.79 Å². The standard InChI is InChI=1S/C9H12N2O/c1-2-10-8-4-3-5-9(6-8)11-7-12/h3-7,10H,2H2,1H3,(H,11,12). The number of carbonyl (C=O) groups is 1. The molecule has 0 radical (unpaired) electrons. The van der Waals surface area contributed by atoms with Crippen LogP contribution in [-0.2, 0) is 4.79 Å². The molecule has 0 aliphatic carbocycles. The lowest BCUT2D eigenvalue weighted by Crippen LogP contribution is -1.98. The molecule has 64 valence electrons. The molecule has 1 amide bonds. The second-order valence-corrected chi connectivity index (χ2v) is 2.37. The van der Waals surface area contributed by atoms with Crippen LogP contribution >= 0.6 is 0 Å². The zero-order valence-corrected chi connectivity index (χ0v) is 7.00. The van der Waals surface area contributed by atoms with Crippen LogP contribution in [0, 0.1) is 0 Å². The van der Waals surface area contributed by atoms with Crippen molar-refractivity contribution in [3.63, 3.8) is 0 Å². The second-order valence-electron chi connectivity index (χ2n) is 2.37. The number of rotatable bonds is 4. The summed E-state index contributed by atoms with van der Waals surface area (Å²) in [6.45, 7) is 2.91. The third-order valence-corrected chi connectivity index (χ3v) is 1.47. The Bertz CT molecular complexity index is 260. The zero-order chi connectivity index (χ0) is 8.81. The molecule has 0 aromatic heterocycles. The van der Waals surface area contributed by atoms with Gasteiger partial charge in [0.05, 0.1) is 0 Å². The molecule has 2 N–H and O–H groups in total. The van der Waals surface area contributed by atoms with Crippen LogP contribution < -0.4 is 10.6 Å². The molecule has 0 aliphatic rings. The van der Waals surface area contributed by atoms with Crippen LogP contribution in [0.4, 0.5) is 11.4 Å². The fourth-order valence-corrected chi connectivity index (χ4v) is 0.991. The lowest BCUT2D eigenvalue weighted by atomic mass is 10.3. The highest BCUT2D eigenvalue weighted by Crippen LogP contribution is 2.13. The Morgan fingerprint density at radius 2 is 2.17 bits per heavy atom. The first-order valence-electron chi connectivity index (χ1n) is 3.91. The summed E-state index contributed by atoms with van der Waals surface area (Å²) in [6.07, 6.45) is 0.672. The lowest BCUT2D eigenvalue weighted by Gasteiger charge is -2.04. The fourth-order valence-electron chi connectivity index (χ4n) is 0.991. The Morgan fingerprint density at radius 3 is 2.83 bits per heavy atom. The predicted octanol–water partition coefficient (Wildman–Crippen LogP) is 1.69. The molecule has 0 fully saturated rings. The predicted molar refractivity (Wildman–Crippen MR) is 50.3 cm³/mol. The van der Waals surface area contributed by atoms with Crippen molar-refractivity contribution in [3.8, 4) is 0 Å². The Hall–Kier alpha value is -1.51. The van der Waals surface area contributed by atoms with Gasteiger partial charge in [0.25, 0.3) is 0 Å². The number of anilines is 2. The third kappa shape index (κ3) is 2.27. The van der Waals surface area contributed by atoms with Gasteiger partial charge in [-0.15, -0.1) is 0 Å². The zero-order valence-electron chi connectivity index (χ0n) is 7.00. The highest BCUT2D eigenvalue weighted by Gasteiger charge is 1.91. The summed E-state index contributed by atoms with van der Waals surface area (Å²) in [6, 6.07) is 7.58. The van der Waals surface area contributed by atoms with Gasteiger partial charge >= 0.3 is 0 Å². The van der Waals surface area contributed by atoms with Crippen molar-refractivity contribution >= 4 is 17.8 Å². The van der Waals surface area contributed by atoms with Crippen molar-refractivity contribution in [3.05, 3.63) is 24.3 Å². The molecule has 0 bridgehead atoms. The molecular formula is C9H12N2O. The maximum Gasteiger partial charge on any atom is 0.211 e. The fraction of sp³-hybridized carbons (Fsp3) is 0.222. The first-order valence-corrected chi connectivity index (χ1v) is 3.91. The molecule has 0 saturated carbocycles. The van der Waals surface area contributed by atoms with E-state index in [2.05, 4.69) is 10.6 Å². The van der Waals surface area contributed by atoms with Gasteiger partial charge in [-0.25, -0.2) is 0 Å². The van der Waals surface area contributed by atoms with Crippen molar-refractivity contribution < 1.29 is 4.79 Å². The topological polar surface area (TPSA) is 41.1 Å². The summed E-state index contributed by atoms with van der Waals surface area (Å²) in [5, 5.41) is 5.74. The van der Waals surface area contributed by atoms with E-state index in [1.807, 2.05) is 31.2 Å². The monoisotopic (exact) mass is 164 g/mol. The van der Waals surface area contributed by atoms with E-state index in [4.69, 9.17) is 0 Å². The smallest absolute Gasteiger partial charge is 0.211 e. The number of hydrogen-bond acceptors (Lipinski definition) is 2. The minimum atomic E-state index is 0.672. The molecule has 12 heavy (non-hydrogen) atoms. The largest absolute Gasteiger partial charge is 0.385 e. The van der Waals surface area contributed by atoms with E-state index in [1.165, 1.54) is 0 Å². The quantitative estimate of drug-likeness (QED) is 0.665. The number of benzene rings is 1. The Kier molecular flexibility index (Phi) is 3.14.